The maximum absolute atomic E-state index is 12.1. The van der Waals surface area contributed by atoms with E-state index >= 15 is 0 Å². The highest BCUT2D eigenvalue weighted by Gasteiger charge is 2.33. The summed E-state index contributed by atoms with van der Waals surface area (Å²) in [6.07, 6.45) is 1.09. The van der Waals surface area contributed by atoms with E-state index in [9.17, 15) is 23.4 Å². The van der Waals surface area contributed by atoms with Crippen molar-refractivity contribution in [1.82, 2.24) is 9.71 Å². The number of nitrogens with zero attached hydrogens (tertiary/aromatic N) is 1. The molecule has 0 aromatic carbocycles. The lowest BCUT2D eigenvalue weighted by molar-refractivity contribution is 0.0696. The number of rotatable bonds is 7. The fraction of sp³-hybridized carbons (Fsp3) is 0.455. The van der Waals surface area contributed by atoms with Crippen molar-refractivity contribution in [3.8, 4) is 0 Å². The molecule has 1 heterocycles. The van der Waals surface area contributed by atoms with Crippen molar-refractivity contribution in [3.63, 3.8) is 0 Å². The zero-order valence-corrected chi connectivity index (χ0v) is 11.6. The van der Waals surface area contributed by atoms with Crippen molar-refractivity contribution in [2.75, 3.05) is 13.2 Å². The van der Waals surface area contributed by atoms with Gasteiger partial charge in [0.2, 0.25) is 0 Å². The van der Waals surface area contributed by atoms with Crippen LogP contribution in [0, 0.1) is 0 Å². The highest BCUT2D eigenvalue weighted by Crippen LogP contribution is 2.14. The minimum Gasteiger partial charge on any atom is -0.478 e. The fourth-order valence-electron chi connectivity index (χ4n) is 1.41. The smallest absolute Gasteiger partial charge is 0.337 e. The first kappa shape index (κ1) is 16.5. The van der Waals surface area contributed by atoms with E-state index in [1.807, 2.05) is 0 Å². The Kier molecular flexibility index (Phi) is 5.17. The molecule has 112 valence electrons. The number of nitrogens with one attached hydrogen (secondary N) is 1. The van der Waals surface area contributed by atoms with E-state index in [-0.39, 0.29) is 17.0 Å². The quantitative estimate of drug-likeness (QED) is 0.517. The average molecular weight is 304 g/mol. The summed E-state index contributed by atoms with van der Waals surface area (Å²) in [6.45, 7) is 0.453. The Bertz CT molecular complexity index is 557. The Morgan fingerprint density at radius 1 is 1.35 bits per heavy atom. The Balaban J connectivity index is 3.07. The molecule has 0 spiro atoms. The van der Waals surface area contributed by atoms with Crippen LogP contribution in [-0.4, -0.2) is 53.4 Å². The molecule has 0 bridgehead atoms. The summed E-state index contributed by atoms with van der Waals surface area (Å²) >= 11 is 0. The Morgan fingerprint density at radius 3 is 2.30 bits per heavy atom. The van der Waals surface area contributed by atoms with Crippen LogP contribution in [-0.2, 0) is 10.0 Å². The van der Waals surface area contributed by atoms with Crippen LogP contribution in [0.4, 0.5) is 0 Å². The molecular weight excluding hydrogens is 288 g/mol. The summed E-state index contributed by atoms with van der Waals surface area (Å²) in [5.74, 6) is -1.22. The molecule has 1 aromatic heterocycles. The number of aliphatic hydroxyl groups is 2. The van der Waals surface area contributed by atoms with Crippen molar-refractivity contribution in [2.45, 2.75) is 23.9 Å². The number of hydrogen-bond acceptors (Lipinski definition) is 6. The second-order valence-corrected chi connectivity index (χ2v) is 5.88. The molecular formula is C11H16N2O6S. The molecule has 4 N–H and O–H groups in total. The van der Waals surface area contributed by atoms with Crippen LogP contribution in [0.25, 0.3) is 0 Å². The van der Waals surface area contributed by atoms with Gasteiger partial charge in [-0.25, -0.2) is 18.2 Å². The van der Waals surface area contributed by atoms with E-state index in [0.717, 1.165) is 18.3 Å². The minimum absolute atomic E-state index is 0.143. The Morgan fingerprint density at radius 2 is 1.95 bits per heavy atom. The van der Waals surface area contributed by atoms with Crippen molar-refractivity contribution < 1.29 is 28.5 Å². The first-order valence-corrected chi connectivity index (χ1v) is 7.23. The molecule has 9 heteroatoms. The Labute approximate surface area is 116 Å². The van der Waals surface area contributed by atoms with Gasteiger partial charge < -0.3 is 15.3 Å². The number of carbonyl (C=O) groups is 1. The molecule has 0 atom stereocenters. The summed E-state index contributed by atoms with van der Waals surface area (Å²) in [5, 5.41) is 26.8. The topological polar surface area (TPSA) is 137 Å². The zero-order valence-electron chi connectivity index (χ0n) is 10.8. The molecule has 0 aliphatic heterocycles. The number of sulfonamides is 1. The maximum Gasteiger partial charge on any atom is 0.337 e. The van der Waals surface area contributed by atoms with E-state index in [1.165, 1.54) is 0 Å². The monoisotopic (exact) mass is 304 g/mol. The molecule has 0 fully saturated rings. The normalized spacial score (nSPS) is 12.3. The number of carboxylic acid groups (broad SMARTS) is 1. The van der Waals surface area contributed by atoms with Crippen molar-refractivity contribution in [3.05, 3.63) is 23.9 Å². The van der Waals surface area contributed by atoms with Gasteiger partial charge in [0, 0.05) is 6.20 Å². The van der Waals surface area contributed by atoms with Gasteiger partial charge in [-0.2, -0.15) is 4.72 Å². The predicted molar refractivity (Wildman–Crippen MR) is 68.7 cm³/mol. The molecule has 0 amide bonds. The zero-order chi connectivity index (χ0) is 15.4. The number of pyridine rings is 1. The second kappa shape index (κ2) is 6.27. The number of carboxylic acids is 1. The van der Waals surface area contributed by atoms with Crippen molar-refractivity contribution >= 4 is 16.0 Å². The first-order chi connectivity index (χ1) is 9.30. The highest BCUT2D eigenvalue weighted by molar-refractivity contribution is 7.89. The Hall–Kier alpha value is -1.55. The lowest BCUT2D eigenvalue weighted by Gasteiger charge is -2.28. The first-order valence-electron chi connectivity index (χ1n) is 5.75. The largest absolute Gasteiger partial charge is 0.478 e. The molecule has 0 radical (unpaired) electrons. The van der Waals surface area contributed by atoms with Crippen LogP contribution in [0.15, 0.2) is 23.4 Å². The van der Waals surface area contributed by atoms with Gasteiger partial charge in [0.1, 0.15) is 0 Å². The molecule has 0 unspecified atom stereocenters. The number of hydrogen-bond donors (Lipinski definition) is 4. The lowest BCUT2D eigenvalue weighted by Crippen LogP contribution is -2.53. The fourth-order valence-corrected chi connectivity index (χ4v) is 2.80. The SMILES string of the molecule is CCC(CO)(CO)NS(=O)(=O)c1ccc(C(=O)O)cn1. The third kappa shape index (κ3) is 3.51. The summed E-state index contributed by atoms with van der Waals surface area (Å²) in [6, 6.07) is 2.15. The van der Waals surface area contributed by atoms with Gasteiger partial charge in [-0.3, -0.25) is 0 Å². The predicted octanol–water partition coefficient (Wildman–Crippen LogP) is -0.808. The molecule has 8 nitrogen and oxygen atoms in total. The van der Waals surface area contributed by atoms with Crippen LogP contribution in [0.3, 0.4) is 0 Å². The van der Waals surface area contributed by atoms with E-state index in [4.69, 9.17) is 5.11 Å². The highest BCUT2D eigenvalue weighted by atomic mass is 32.2. The van der Waals surface area contributed by atoms with Gasteiger partial charge >= 0.3 is 5.97 Å². The van der Waals surface area contributed by atoms with Gasteiger partial charge in [-0.05, 0) is 18.6 Å². The van der Waals surface area contributed by atoms with E-state index in [2.05, 4.69) is 9.71 Å². The van der Waals surface area contributed by atoms with Crippen LogP contribution < -0.4 is 4.72 Å². The molecule has 1 rings (SSSR count). The molecule has 20 heavy (non-hydrogen) atoms. The van der Waals surface area contributed by atoms with Gasteiger partial charge in [0.25, 0.3) is 10.0 Å². The van der Waals surface area contributed by atoms with Crippen LogP contribution in [0.1, 0.15) is 23.7 Å². The van der Waals surface area contributed by atoms with E-state index in [0.29, 0.717) is 0 Å². The van der Waals surface area contributed by atoms with Crippen molar-refractivity contribution in [1.29, 1.82) is 0 Å². The summed E-state index contributed by atoms with van der Waals surface area (Å²) < 4.78 is 26.3. The van der Waals surface area contributed by atoms with Gasteiger partial charge in [0.05, 0.1) is 24.3 Å². The minimum atomic E-state index is -4.07. The molecule has 0 aliphatic rings. The summed E-state index contributed by atoms with van der Waals surface area (Å²) in [4.78, 5) is 14.2. The standard InChI is InChI=1S/C11H16N2O6S/c1-2-11(6-14,7-15)13-20(18,19)9-4-3-8(5-12-9)10(16)17/h3-5,13-15H,2,6-7H2,1H3,(H,16,17). The molecule has 0 saturated heterocycles. The number of aromatic carboxylic acids is 1. The van der Waals surface area contributed by atoms with Gasteiger partial charge in [0.15, 0.2) is 5.03 Å². The third-order valence-corrected chi connectivity index (χ3v) is 4.39. The van der Waals surface area contributed by atoms with E-state index < -0.39 is 34.7 Å². The molecule has 0 saturated carbocycles. The van der Waals surface area contributed by atoms with Crippen LogP contribution in [0.5, 0.6) is 0 Å². The summed E-state index contributed by atoms with van der Waals surface area (Å²) in [7, 11) is -4.07. The molecule has 0 aliphatic carbocycles. The van der Waals surface area contributed by atoms with Gasteiger partial charge in [-0.1, -0.05) is 6.92 Å². The lowest BCUT2D eigenvalue weighted by atomic mass is 10.0. The summed E-state index contributed by atoms with van der Waals surface area (Å²) in [5.41, 5.74) is -1.53. The third-order valence-electron chi connectivity index (χ3n) is 2.89. The number of aromatic nitrogens is 1. The maximum atomic E-state index is 12.1. The van der Waals surface area contributed by atoms with Crippen molar-refractivity contribution in [2.24, 2.45) is 0 Å². The van der Waals surface area contributed by atoms with Crippen LogP contribution >= 0.6 is 0 Å². The molecule has 1 aromatic rings. The van der Waals surface area contributed by atoms with E-state index in [1.54, 1.807) is 6.92 Å². The van der Waals surface area contributed by atoms with Crippen LogP contribution in [0.2, 0.25) is 0 Å². The number of aliphatic hydroxyl groups excluding tert-OH is 2. The van der Waals surface area contributed by atoms with Gasteiger partial charge in [-0.15, -0.1) is 0 Å². The average Bonchev–Trinajstić information content (AvgIpc) is 2.45. The second-order valence-electron chi connectivity index (χ2n) is 4.25.